The fourth-order valence-electron chi connectivity index (χ4n) is 0.566. The van der Waals surface area contributed by atoms with Crippen LogP contribution in [0.15, 0.2) is 24.3 Å². The minimum atomic E-state index is -0.741. The predicted octanol–water partition coefficient (Wildman–Crippen LogP) is 0.839. The first kappa shape index (κ1) is 6.01. The molecule has 0 spiro atoms. The molecular weight excluding hydrogens is 118 g/mol. The van der Waals surface area contributed by atoms with E-state index in [1.165, 1.54) is 6.08 Å². The first-order valence-electron chi connectivity index (χ1n) is 2.53. The van der Waals surface area contributed by atoms with Crippen LogP contribution in [0.1, 0.15) is 0 Å². The third-order valence-electron chi connectivity index (χ3n) is 0.995. The van der Waals surface area contributed by atoms with Crippen LogP contribution >= 0.6 is 0 Å². The molecule has 2 radical (unpaired) electrons. The van der Waals surface area contributed by atoms with Crippen molar-refractivity contribution in [1.29, 1.82) is 0 Å². The Labute approximate surface area is 52.8 Å². The van der Waals surface area contributed by atoms with E-state index in [9.17, 15) is 10.1 Å². The second kappa shape index (κ2) is 2.44. The van der Waals surface area contributed by atoms with Gasteiger partial charge in [-0.1, -0.05) is 18.2 Å². The molecule has 1 atom stereocenters. The Kier molecular flexibility index (Phi) is 1.63. The summed E-state index contributed by atoms with van der Waals surface area (Å²) in [6, 6.07) is -0.741. The van der Waals surface area contributed by atoms with Crippen LogP contribution in [0.25, 0.3) is 0 Å². The normalized spacial score (nSPS) is 24.2. The van der Waals surface area contributed by atoms with E-state index < -0.39 is 6.04 Å². The molecule has 0 bridgehead atoms. The lowest BCUT2D eigenvalue weighted by Gasteiger charge is -2.01. The molecule has 3 nitrogen and oxygen atoms in total. The smallest absolute Gasteiger partial charge is 0.242 e. The summed E-state index contributed by atoms with van der Waals surface area (Å²) in [6.07, 6.45) is 8.94. The second-order valence-electron chi connectivity index (χ2n) is 1.64. The molecule has 0 saturated heterocycles. The molecule has 0 aromatic rings. The van der Waals surface area contributed by atoms with Gasteiger partial charge in [0.25, 0.3) is 0 Å². The van der Waals surface area contributed by atoms with Crippen LogP contribution in [0.5, 0.6) is 0 Å². The van der Waals surface area contributed by atoms with E-state index in [1.807, 2.05) is 0 Å². The molecule has 1 rings (SSSR count). The van der Waals surface area contributed by atoms with Gasteiger partial charge in [-0.25, -0.2) is 0 Å². The Morgan fingerprint density at radius 1 is 1.56 bits per heavy atom. The molecule has 0 aromatic carbocycles. The van der Waals surface area contributed by atoms with E-state index in [2.05, 4.69) is 6.42 Å². The molecule has 0 amide bonds. The van der Waals surface area contributed by atoms with E-state index in [4.69, 9.17) is 0 Å². The zero-order valence-electron chi connectivity index (χ0n) is 4.65. The Hall–Kier alpha value is -1.12. The van der Waals surface area contributed by atoms with Crippen LogP contribution in [0, 0.1) is 16.5 Å². The lowest BCUT2D eigenvalue weighted by Crippen LogP contribution is -2.16. The van der Waals surface area contributed by atoms with Gasteiger partial charge < -0.3 is 0 Å². The third kappa shape index (κ3) is 1.38. The van der Waals surface area contributed by atoms with Gasteiger partial charge >= 0.3 is 0 Å². The lowest BCUT2D eigenvalue weighted by atomic mass is 10.1. The van der Waals surface area contributed by atoms with Crippen LogP contribution in [0.3, 0.4) is 0 Å². The summed E-state index contributed by atoms with van der Waals surface area (Å²) in [5.41, 5.74) is 0. The average Bonchev–Trinajstić information content (AvgIpc) is 1.90. The molecule has 46 valence electrons. The summed E-state index contributed by atoms with van der Waals surface area (Å²) in [7, 11) is 0. The molecule has 3 heteroatoms. The molecule has 1 aliphatic carbocycles. The molecule has 0 heterocycles. The zero-order chi connectivity index (χ0) is 6.69. The molecule has 0 saturated carbocycles. The summed E-state index contributed by atoms with van der Waals surface area (Å²) < 4.78 is 0. The highest BCUT2D eigenvalue weighted by atomic mass is 16.6. The van der Waals surface area contributed by atoms with Crippen molar-refractivity contribution in [1.82, 2.24) is 0 Å². The Morgan fingerprint density at radius 3 is 2.67 bits per heavy atom. The van der Waals surface area contributed by atoms with Crippen LogP contribution in [0.4, 0.5) is 0 Å². The monoisotopic (exact) mass is 123 g/mol. The van der Waals surface area contributed by atoms with Crippen LogP contribution < -0.4 is 0 Å². The number of allylic oxidation sites excluding steroid dienone is 2. The molecule has 1 unspecified atom stereocenters. The SMILES string of the molecule is O=[N+]([O-])C1[C]C=CC=C1. The summed E-state index contributed by atoms with van der Waals surface area (Å²) in [5, 5.41) is 10.0. The Balaban J connectivity index is 2.56. The number of nitrogens with zero attached hydrogens (tertiary/aromatic N) is 1. The Bertz CT molecular complexity index is 172. The van der Waals surface area contributed by atoms with E-state index in [-0.39, 0.29) is 4.92 Å². The zero-order valence-corrected chi connectivity index (χ0v) is 4.65. The minimum Gasteiger partial charge on any atom is -0.264 e. The largest absolute Gasteiger partial charge is 0.264 e. The summed E-state index contributed by atoms with van der Waals surface area (Å²) in [5.74, 6) is 0. The van der Waals surface area contributed by atoms with Crippen molar-refractivity contribution < 1.29 is 4.92 Å². The quantitative estimate of drug-likeness (QED) is 0.383. The van der Waals surface area contributed by atoms with Crippen molar-refractivity contribution in [3.63, 3.8) is 0 Å². The van der Waals surface area contributed by atoms with Crippen molar-refractivity contribution in [3.05, 3.63) is 40.8 Å². The fraction of sp³-hybridized carbons (Fsp3) is 0.167. The van der Waals surface area contributed by atoms with Gasteiger partial charge in [-0.2, -0.15) is 0 Å². The maximum atomic E-state index is 10.0. The second-order valence-corrected chi connectivity index (χ2v) is 1.64. The van der Waals surface area contributed by atoms with Gasteiger partial charge in [0.1, 0.15) is 0 Å². The standard InChI is InChI=1S/C6H5NO2/c8-7(9)6-4-2-1-3-5-6/h1-4,6H. The minimum absolute atomic E-state index is 0.389. The van der Waals surface area contributed by atoms with Gasteiger partial charge in [0.15, 0.2) is 0 Å². The van der Waals surface area contributed by atoms with Crippen molar-refractivity contribution in [3.8, 4) is 0 Å². The predicted molar refractivity (Wildman–Crippen MR) is 32.3 cm³/mol. The number of rotatable bonds is 1. The number of hydrogen-bond donors (Lipinski definition) is 0. The summed E-state index contributed by atoms with van der Waals surface area (Å²) >= 11 is 0. The first-order chi connectivity index (χ1) is 4.30. The molecule has 0 aliphatic heterocycles. The van der Waals surface area contributed by atoms with Gasteiger partial charge in [0, 0.05) is 4.92 Å². The molecular formula is C6H5NO2. The van der Waals surface area contributed by atoms with E-state index in [0.29, 0.717) is 0 Å². The van der Waals surface area contributed by atoms with Crippen LogP contribution in [0.2, 0.25) is 0 Å². The van der Waals surface area contributed by atoms with Gasteiger partial charge in [0.2, 0.25) is 6.04 Å². The maximum absolute atomic E-state index is 10.0. The fourth-order valence-corrected chi connectivity index (χ4v) is 0.566. The van der Waals surface area contributed by atoms with Gasteiger partial charge in [-0.3, -0.25) is 10.1 Å². The van der Waals surface area contributed by atoms with Gasteiger partial charge in [0.05, 0.1) is 6.42 Å². The maximum Gasteiger partial charge on any atom is 0.242 e. The Morgan fingerprint density at radius 2 is 2.33 bits per heavy atom. The van der Waals surface area contributed by atoms with Crippen LogP contribution in [-0.4, -0.2) is 11.0 Å². The molecule has 1 aliphatic rings. The molecule has 9 heavy (non-hydrogen) atoms. The van der Waals surface area contributed by atoms with Gasteiger partial charge in [-0.05, 0) is 6.08 Å². The van der Waals surface area contributed by atoms with Crippen molar-refractivity contribution in [2.24, 2.45) is 0 Å². The lowest BCUT2D eigenvalue weighted by molar-refractivity contribution is -0.499. The molecule has 0 fully saturated rings. The van der Waals surface area contributed by atoms with E-state index in [0.717, 1.165) is 0 Å². The highest BCUT2D eigenvalue weighted by Gasteiger charge is 2.15. The topological polar surface area (TPSA) is 43.1 Å². The summed E-state index contributed by atoms with van der Waals surface area (Å²) in [6.45, 7) is 0. The van der Waals surface area contributed by atoms with E-state index in [1.54, 1.807) is 18.2 Å². The first-order valence-corrected chi connectivity index (χ1v) is 2.53. The van der Waals surface area contributed by atoms with Crippen LogP contribution in [-0.2, 0) is 0 Å². The number of hydrogen-bond acceptors (Lipinski definition) is 2. The summed E-state index contributed by atoms with van der Waals surface area (Å²) in [4.78, 5) is 9.62. The third-order valence-corrected chi connectivity index (χ3v) is 0.995. The van der Waals surface area contributed by atoms with Crippen molar-refractivity contribution in [2.45, 2.75) is 6.04 Å². The highest BCUT2D eigenvalue weighted by Crippen LogP contribution is 2.03. The van der Waals surface area contributed by atoms with E-state index >= 15 is 0 Å². The highest BCUT2D eigenvalue weighted by molar-refractivity contribution is 5.19. The van der Waals surface area contributed by atoms with Crippen molar-refractivity contribution >= 4 is 0 Å². The van der Waals surface area contributed by atoms with Gasteiger partial charge in [-0.15, -0.1) is 0 Å². The number of nitro groups is 1. The molecule has 0 N–H and O–H groups in total. The van der Waals surface area contributed by atoms with Crippen molar-refractivity contribution in [2.75, 3.05) is 0 Å². The average molecular weight is 123 g/mol. The molecule has 0 aromatic heterocycles.